The predicted molar refractivity (Wildman–Crippen MR) is 142 cm³/mol. The minimum atomic E-state index is -1.50. The molecule has 3 aromatic rings. The second-order valence-corrected chi connectivity index (χ2v) is 11.0. The number of aromatic nitrogens is 1. The number of nitrogens with zero attached hydrogens (tertiary/aromatic N) is 2. The van der Waals surface area contributed by atoms with Crippen molar-refractivity contribution < 1.29 is 24.4 Å². The van der Waals surface area contributed by atoms with Crippen LogP contribution in [-0.4, -0.2) is 66.7 Å². The zero-order chi connectivity index (χ0) is 25.6. The summed E-state index contributed by atoms with van der Waals surface area (Å²) in [6.45, 7) is 3.33. The fraction of sp³-hybridized carbons (Fsp3) is 0.414. The van der Waals surface area contributed by atoms with Crippen molar-refractivity contribution in [2.24, 2.45) is 11.8 Å². The Morgan fingerprint density at radius 3 is 2.49 bits per heavy atom. The first-order valence-electron chi connectivity index (χ1n) is 12.7. The first-order chi connectivity index (χ1) is 18.0. The number of fused-ring (bicyclic) bond motifs is 3. The maximum Gasteiger partial charge on any atom is 0.174 e. The Balaban J connectivity index is 1.64. The number of pyridine rings is 1. The Kier molecular flexibility index (Phi) is 6.49. The van der Waals surface area contributed by atoms with Crippen molar-refractivity contribution in [3.8, 4) is 11.5 Å². The fourth-order valence-corrected chi connectivity index (χ4v) is 7.20. The molecule has 7 nitrogen and oxygen atoms in total. The van der Waals surface area contributed by atoms with E-state index in [1.807, 2.05) is 42.5 Å². The monoisotopic (exact) mass is 566 g/mol. The normalized spacial score (nSPS) is 31.0. The summed E-state index contributed by atoms with van der Waals surface area (Å²) in [5, 5.41) is 24.3. The molecule has 0 amide bonds. The highest BCUT2D eigenvalue weighted by Gasteiger charge is 2.76. The molecule has 0 unspecified atom stereocenters. The van der Waals surface area contributed by atoms with E-state index in [0.717, 1.165) is 28.7 Å². The summed E-state index contributed by atoms with van der Waals surface area (Å²) in [4.78, 5) is 6.68. The van der Waals surface area contributed by atoms with Gasteiger partial charge in [0.2, 0.25) is 0 Å². The molecule has 5 atom stereocenters. The molecule has 2 N–H and O–H groups in total. The number of rotatable bonds is 6. The Bertz CT molecular complexity index is 1250. The molecule has 1 aliphatic carbocycles. The van der Waals surface area contributed by atoms with E-state index in [1.165, 1.54) is 0 Å². The van der Waals surface area contributed by atoms with E-state index in [9.17, 15) is 10.2 Å². The van der Waals surface area contributed by atoms with E-state index in [2.05, 4.69) is 37.9 Å². The van der Waals surface area contributed by atoms with Crippen molar-refractivity contribution in [1.29, 1.82) is 0 Å². The van der Waals surface area contributed by atoms with E-state index < -0.39 is 11.2 Å². The smallest absolute Gasteiger partial charge is 0.174 e. The highest BCUT2D eigenvalue weighted by atomic mass is 79.9. The maximum absolute atomic E-state index is 13.3. The van der Waals surface area contributed by atoms with Crippen molar-refractivity contribution in [1.82, 2.24) is 9.88 Å². The van der Waals surface area contributed by atoms with Gasteiger partial charge in [-0.1, -0.05) is 58.4 Å². The fourth-order valence-electron chi connectivity index (χ4n) is 6.93. The van der Waals surface area contributed by atoms with E-state index in [4.69, 9.17) is 14.2 Å². The Labute approximate surface area is 225 Å². The van der Waals surface area contributed by atoms with Gasteiger partial charge in [-0.15, -0.1) is 0 Å². The van der Waals surface area contributed by atoms with Gasteiger partial charge in [0.15, 0.2) is 5.60 Å². The molecular weight excluding hydrogens is 536 g/mol. The van der Waals surface area contributed by atoms with Crippen LogP contribution in [-0.2, 0) is 15.9 Å². The molecule has 8 heteroatoms. The summed E-state index contributed by atoms with van der Waals surface area (Å²) in [7, 11) is 1.59. The van der Waals surface area contributed by atoms with Gasteiger partial charge in [-0.05, 0) is 23.3 Å². The lowest BCUT2D eigenvalue weighted by molar-refractivity contribution is -0.135. The van der Waals surface area contributed by atoms with Crippen LogP contribution in [0.2, 0.25) is 0 Å². The lowest BCUT2D eigenvalue weighted by Gasteiger charge is -2.42. The van der Waals surface area contributed by atoms with Gasteiger partial charge in [0.25, 0.3) is 0 Å². The molecule has 6 rings (SSSR count). The van der Waals surface area contributed by atoms with Crippen LogP contribution < -0.4 is 9.47 Å². The summed E-state index contributed by atoms with van der Waals surface area (Å²) in [5.74, 6) is 0.00497. The molecule has 194 valence electrons. The van der Waals surface area contributed by atoms with Crippen LogP contribution in [0.1, 0.15) is 22.6 Å². The third-order valence-corrected chi connectivity index (χ3v) is 8.96. The van der Waals surface area contributed by atoms with Gasteiger partial charge in [0, 0.05) is 48.5 Å². The summed E-state index contributed by atoms with van der Waals surface area (Å²) < 4.78 is 19.3. The third kappa shape index (κ3) is 3.65. The summed E-state index contributed by atoms with van der Waals surface area (Å²) >= 11 is 3.56. The average molecular weight is 567 g/mol. The Morgan fingerprint density at radius 2 is 1.81 bits per heavy atom. The number of benzene rings is 2. The number of halogens is 1. The number of ether oxygens (including phenoxy) is 3. The molecule has 1 aromatic heterocycles. The number of morpholine rings is 1. The van der Waals surface area contributed by atoms with Crippen molar-refractivity contribution in [2.45, 2.75) is 17.1 Å². The van der Waals surface area contributed by atoms with Gasteiger partial charge in [-0.25, -0.2) is 0 Å². The molecule has 2 aliphatic heterocycles. The number of hydrogen-bond acceptors (Lipinski definition) is 7. The lowest BCUT2D eigenvalue weighted by Crippen LogP contribution is -2.53. The van der Waals surface area contributed by atoms with Gasteiger partial charge >= 0.3 is 0 Å². The zero-order valence-electron chi connectivity index (χ0n) is 20.7. The SMILES string of the molecule is COc1cncc2c1[C@]1(O)[C@@H](CN3CCOCC3)[C@H](CO)[C@@H](c3ccccc3)[C@]1(c1ccc(Br)cc1)O2. The number of aliphatic hydroxyl groups excluding tert-OH is 1. The van der Waals surface area contributed by atoms with Gasteiger partial charge < -0.3 is 24.4 Å². The van der Waals surface area contributed by atoms with Gasteiger partial charge in [0.1, 0.15) is 17.1 Å². The van der Waals surface area contributed by atoms with Gasteiger partial charge in [-0.3, -0.25) is 9.88 Å². The Hall–Kier alpha value is -2.49. The predicted octanol–water partition coefficient (Wildman–Crippen LogP) is 3.68. The van der Waals surface area contributed by atoms with Crippen LogP contribution in [0.5, 0.6) is 11.5 Å². The molecule has 3 aliphatic rings. The molecule has 0 bridgehead atoms. The molecule has 2 aromatic carbocycles. The van der Waals surface area contributed by atoms with E-state index >= 15 is 0 Å². The second-order valence-electron chi connectivity index (χ2n) is 10.1. The average Bonchev–Trinajstić information content (AvgIpc) is 3.32. The first-order valence-corrected chi connectivity index (χ1v) is 13.5. The van der Waals surface area contributed by atoms with E-state index in [1.54, 1.807) is 19.5 Å². The van der Waals surface area contributed by atoms with Gasteiger partial charge in [-0.2, -0.15) is 0 Å². The standard InChI is InChI=1S/C29H31BrN2O5/c1-35-24-15-31-16-25-27(24)28(34)23(17-32-11-13-36-14-12-32)22(18-33)26(19-5-3-2-4-6-19)29(28,37-25)20-7-9-21(30)10-8-20/h2-10,15-16,22-23,26,33-34H,11-14,17-18H2,1H3/t22-,23-,26+,28+,29-/m0/s1. The summed E-state index contributed by atoms with van der Waals surface area (Å²) in [5.41, 5.74) is -0.266. The maximum atomic E-state index is 13.3. The van der Waals surface area contributed by atoms with Crippen molar-refractivity contribution in [3.05, 3.63) is 88.2 Å². The minimum Gasteiger partial charge on any atom is -0.495 e. The molecule has 2 fully saturated rings. The minimum absolute atomic E-state index is 0.0960. The van der Waals surface area contributed by atoms with E-state index in [-0.39, 0.29) is 24.4 Å². The first kappa shape index (κ1) is 24.8. The topological polar surface area (TPSA) is 84.3 Å². The molecule has 3 heterocycles. The highest BCUT2D eigenvalue weighted by Crippen LogP contribution is 2.71. The van der Waals surface area contributed by atoms with Crippen LogP contribution >= 0.6 is 15.9 Å². The van der Waals surface area contributed by atoms with Crippen LogP contribution in [0.25, 0.3) is 0 Å². The number of hydrogen-bond donors (Lipinski definition) is 2. The van der Waals surface area contributed by atoms with Crippen LogP contribution in [0.3, 0.4) is 0 Å². The third-order valence-electron chi connectivity index (χ3n) is 8.44. The van der Waals surface area contributed by atoms with Crippen molar-refractivity contribution >= 4 is 15.9 Å². The molecule has 1 saturated heterocycles. The summed E-state index contributed by atoms with van der Waals surface area (Å²) in [6, 6.07) is 18.0. The van der Waals surface area contributed by atoms with Crippen LogP contribution in [0, 0.1) is 11.8 Å². The molecule has 0 spiro atoms. The van der Waals surface area contributed by atoms with Gasteiger partial charge in [0.05, 0.1) is 38.3 Å². The van der Waals surface area contributed by atoms with Crippen molar-refractivity contribution in [2.75, 3.05) is 46.6 Å². The molecule has 1 saturated carbocycles. The number of aliphatic hydroxyl groups is 2. The highest BCUT2D eigenvalue weighted by molar-refractivity contribution is 9.10. The second kappa shape index (κ2) is 9.67. The van der Waals surface area contributed by atoms with Crippen molar-refractivity contribution in [3.63, 3.8) is 0 Å². The van der Waals surface area contributed by atoms with Crippen LogP contribution in [0.15, 0.2) is 71.5 Å². The summed E-state index contributed by atoms with van der Waals surface area (Å²) in [6.07, 6.45) is 3.30. The van der Waals surface area contributed by atoms with E-state index in [0.29, 0.717) is 36.8 Å². The quantitative estimate of drug-likeness (QED) is 0.470. The molecular formula is C29H31BrN2O5. The Morgan fingerprint density at radius 1 is 1.08 bits per heavy atom. The number of methoxy groups -OCH3 is 1. The lowest BCUT2D eigenvalue weighted by atomic mass is 9.70. The molecule has 0 radical (unpaired) electrons. The van der Waals surface area contributed by atoms with Crippen LogP contribution in [0.4, 0.5) is 0 Å². The zero-order valence-corrected chi connectivity index (χ0v) is 22.3. The largest absolute Gasteiger partial charge is 0.495 e. The molecule has 37 heavy (non-hydrogen) atoms.